The summed E-state index contributed by atoms with van der Waals surface area (Å²) in [6.07, 6.45) is 3.92. The van der Waals surface area contributed by atoms with Crippen LogP contribution in [-0.4, -0.2) is 45.6 Å². The number of para-hydroxylation sites is 2. The number of hydrogen-bond donors (Lipinski definition) is 1. The van der Waals surface area contributed by atoms with Gasteiger partial charge in [-0.05, 0) is 24.3 Å². The predicted molar refractivity (Wildman–Crippen MR) is 95.8 cm³/mol. The molecule has 0 amide bonds. The molecule has 0 aliphatic carbocycles. The molecule has 1 saturated heterocycles. The van der Waals surface area contributed by atoms with Crippen molar-refractivity contribution in [3.05, 3.63) is 59.5 Å². The molecular formula is C18H19ClN4O. The Kier molecular flexibility index (Phi) is 4.04. The number of aromatic hydroxyl groups is 1. The lowest BCUT2D eigenvalue weighted by Gasteiger charge is -2.36. The number of imidazole rings is 1. The minimum atomic E-state index is 0.350. The largest absolute Gasteiger partial charge is 0.506 e. The first-order valence-corrected chi connectivity index (χ1v) is 8.45. The molecule has 3 aromatic rings. The molecule has 2 aromatic heterocycles. The highest BCUT2D eigenvalue weighted by Crippen LogP contribution is 2.27. The highest BCUT2D eigenvalue weighted by atomic mass is 35.5. The van der Waals surface area contributed by atoms with Gasteiger partial charge in [0.25, 0.3) is 0 Å². The van der Waals surface area contributed by atoms with Gasteiger partial charge in [-0.25, -0.2) is 4.98 Å². The highest BCUT2D eigenvalue weighted by Gasteiger charge is 2.19. The Bertz CT molecular complexity index is 855. The molecule has 1 fully saturated rings. The van der Waals surface area contributed by atoms with Gasteiger partial charge in [0.1, 0.15) is 11.4 Å². The zero-order valence-corrected chi connectivity index (χ0v) is 14.0. The van der Waals surface area contributed by atoms with Crippen LogP contribution in [0.2, 0.25) is 5.02 Å². The molecule has 0 atom stereocenters. The predicted octanol–water partition coefficient (Wildman–Crippen LogP) is 3.02. The van der Waals surface area contributed by atoms with Crippen molar-refractivity contribution >= 4 is 22.9 Å². The number of rotatable bonds is 3. The lowest BCUT2D eigenvalue weighted by molar-refractivity contribution is 0.247. The number of aromatic nitrogens is 2. The van der Waals surface area contributed by atoms with E-state index in [2.05, 4.69) is 14.8 Å². The molecule has 0 bridgehead atoms. The maximum absolute atomic E-state index is 9.99. The second-order valence-corrected chi connectivity index (χ2v) is 6.53. The van der Waals surface area contributed by atoms with Crippen LogP contribution in [0.5, 0.6) is 5.75 Å². The van der Waals surface area contributed by atoms with Gasteiger partial charge < -0.3 is 14.4 Å². The molecule has 0 saturated carbocycles. The zero-order chi connectivity index (χ0) is 16.5. The summed E-state index contributed by atoms with van der Waals surface area (Å²) in [7, 11) is 0. The highest BCUT2D eigenvalue weighted by molar-refractivity contribution is 6.30. The van der Waals surface area contributed by atoms with Crippen LogP contribution in [0.15, 0.2) is 48.8 Å². The number of phenols is 1. The molecular weight excluding hydrogens is 324 g/mol. The molecule has 0 radical (unpaired) electrons. The summed E-state index contributed by atoms with van der Waals surface area (Å²) >= 11 is 6.02. The van der Waals surface area contributed by atoms with Gasteiger partial charge >= 0.3 is 0 Å². The first-order chi connectivity index (χ1) is 11.7. The van der Waals surface area contributed by atoms with Gasteiger partial charge in [-0.1, -0.05) is 23.7 Å². The molecule has 6 heteroatoms. The molecule has 4 rings (SSSR count). The van der Waals surface area contributed by atoms with Crippen LogP contribution in [0.1, 0.15) is 5.69 Å². The number of benzene rings is 1. The van der Waals surface area contributed by atoms with Crippen LogP contribution < -0.4 is 4.90 Å². The van der Waals surface area contributed by atoms with E-state index in [4.69, 9.17) is 11.6 Å². The van der Waals surface area contributed by atoms with Crippen LogP contribution >= 0.6 is 11.6 Å². The van der Waals surface area contributed by atoms with Crippen molar-refractivity contribution in [2.24, 2.45) is 0 Å². The molecule has 124 valence electrons. The lowest BCUT2D eigenvalue weighted by Crippen LogP contribution is -2.46. The van der Waals surface area contributed by atoms with Crippen molar-refractivity contribution in [1.29, 1.82) is 0 Å². The maximum Gasteiger partial charge on any atom is 0.138 e. The van der Waals surface area contributed by atoms with E-state index in [-0.39, 0.29) is 0 Å². The van der Waals surface area contributed by atoms with E-state index >= 15 is 0 Å². The Morgan fingerprint density at radius 2 is 1.79 bits per heavy atom. The van der Waals surface area contributed by atoms with Crippen molar-refractivity contribution in [3.63, 3.8) is 0 Å². The third-order valence-electron chi connectivity index (χ3n) is 4.45. The maximum atomic E-state index is 9.99. The van der Waals surface area contributed by atoms with Gasteiger partial charge in [0.2, 0.25) is 0 Å². The van der Waals surface area contributed by atoms with E-state index in [9.17, 15) is 5.11 Å². The molecule has 0 spiro atoms. The fraction of sp³-hybridized carbons (Fsp3) is 0.278. The summed E-state index contributed by atoms with van der Waals surface area (Å²) in [5, 5.41) is 10.7. The SMILES string of the molecule is Oc1ccccc1N1CCN(Cc2cn3cc(Cl)ccc3n2)CC1. The van der Waals surface area contributed by atoms with E-state index in [0.717, 1.165) is 49.8 Å². The summed E-state index contributed by atoms with van der Waals surface area (Å²) in [5.41, 5.74) is 2.88. The van der Waals surface area contributed by atoms with Crippen LogP contribution in [-0.2, 0) is 6.54 Å². The summed E-state index contributed by atoms with van der Waals surface area (Å²) in [6.45, 7) is 4.52. The summed E-state index contributed by atoms with van der Waals surface area (Å²) in [6, 6.07) is 11.3. The lowest BCUT2D eigenvalue weighted by atomic mass is 10.2. The molecule has 1 N–H and O–H groups in total. The zero-order valence-electron chi connectivity index (χ0n) is 13.3. The van der Waals surface area contributed by atoms with Crippen LogP contribution in [0.3, 0.4) is 0 Å². The van der Waals surface area contributed by atoms with Gasteiger partial charge in [0.15, 0.2) is 0 Å². The van der Waals surface area contributed by atoms with E-state index in [1.54, 1.807) is 6.07 Å². The Labute approximate surface area is 145 Å². The Morgan fingerprint density at radius 3 is 2.58 bits per heavy atom. The summed E-state index contributed by atoms with van der Waals surface area (Å²) in [4.78, 5) is 9.27. The summed E-state index contributed by atoms with van der Waals surface area (Å²) < 4.78 is 1.97. The van der Waals surface area contributed by atoms with Crippen molar-refractivity contribution in [1.82, 2.24) is 14.3 Å². The quantitative estimate of drug-likeness (QED) is 0.794. The van der Waals surface area contributed by atoms with Crippen LogP contribution in [0, 0.1) is 0 Å². The topological polar surface area (TPSA) is 44.0 Å². The fourth-order valence-electron chi connectivity index (χ4n) is 3.20. The minimum Gasteiger partial charge on any atom is -0.506 e. The third kappa shape index (κ3) is 3.05. The molecule has 5 nitrogen and oxygen atoms in total. The van der Waals surface area contributed by atoms with Gasteiger partial charge in [0.05, 0.1) is 16.4 Å². The number of hydrogen-bond acceptors (Lipinski definition) is 4. The van der Waals surface area contributed by atoms with Gasteiger partial charge in [-0.15, -0.1) is 0 Å². The number of anilines is 1. The molecule has 1 aromatic carbocycles. The van der Waals surface area contributed by atoms with Crippen LogP contribution in [0.25, 0.3) is 5.65 Å². The van der Waals surface area contributed by atoms with Crippen LogP contribution in [0.4, 0.5) is 5.69 Å². The smallest absolute Gasteiger partial charge is 0.138 e. The Balaban J connectivity index is 1.41. The van der Waals surface area contributed by atoms with E-state index < -0.39 is 0 Å². The number of nitrogens with zero attached hydrogens (tertiary/aromatic N) is 4. The summed E-state index contributed by atoms with van der Waals surface area (Å²) in [5.74, 6) is 0.350. The average molecular weight is 343 g/mol. The average Bonchev–Trinajstić information content (AvgIpc) is 2.97. The monoisotopic (exact) mass is 342 g/mol. The normalized spacial score (nSPS) is 16.0. The van der Waals surface area contributed by atoms with Crippen molar-refractivity contribution < 1.29 is 5.11 Å². The van der Waals surface area contributed by atoms with Gasteiger partial charge in [-0.3, -0.25) is 4.90 Å². The van der Waals surface area contributed by atoms with Crippen molar-refractivity contribution in [2.75, 3.05) is 31.1 Å². The second kappa shape index (κ2) is 6.34. The molecule has 3 heterocycles. The number of phenolic OH excluding ortho intramolecular Hbond substituents is 1. The first-order valence-electron chi connectivity index (χ1n) is 8.07. The number of fused-ring (bicyclic) bond motifs is 1. The van der Waals surface area contributed by atoms with Crippen molar-refractivity contribution in [2.45, 2.75) is 6.54 Å². The fourth-order valence-corrected chi connectivity index (χ4v) is 3.37. The number of halogens is 1. The van der Waals surface area contributed by atoms with Gasteiger partial charge in [0, 0.05) is 45.1 Å². The molecule has 1 aliphatic rings. The van der Waals surface area contributed by atoms with Gasteiger partial charge in [-0.2, -0.15) is 0 Å². The van der Waals surface area contributed by atoms with Crippen molar-refractivity contribution in [3.8, 4) is 5.75 Å². The van der Waals surface area contributed by atoms with E-state index in [0.29, 0.717) is 10.8 Å². The minimum absolute atomic E-state index is 0.350. The Morgan fingerprint density at radius 1 is 1.00 bits per heavy atom. The standard InChI is InChI=1S/C18H19ClN4O/c19-14-5-6-18-20-15(13-23(18)11-14)12-21-7-9-22(10-8-21)16-3-1-2-4-17(16)24/h1-6,11,13,24H,7-10,12H2. The third-order valence-corrected chi connectivity index (χ3v) is 4.67. The van der Waals surface area contributed by atoms with E-state index in [1.807, 2.05) is 47.1 Å². The first kappa shape index (κ1) is 15.3. The number of pyridine rings is 1. The number of piperazine rings is 1. The molecule has 24 heavy (non-hydrogen) atoms. The van der Waals surface area contributed by atoms with E-state index in [1.165, 1.54) is 0 Å². The molecule has 1 aliphatic heterocycles. The second-order valence-electron chi connectivity index (χ2n) is 6.10. The molecule has 0 unspecified atom stereocenters. The Hall–Kier alpha value is -2.24.